The Kier molecular flexibility index (Phi) is 8.80. The summed E-state index contributed by atoms with van der Waals surface area (Å²) in [5, 5.41) is 9.41. The first-order valence-electron chi connectivity index (χ1n) is 10.8. The van der Waals surface area contributed by atoms with Crippen molar-refractivity contribution in [2.24, 2.45) is 0 Å². The number of likely N-dealkylation sites (N-methyl/N-ethyl adjacent to an activating group) is 1. The van der Waals surface area contributed by atoms with Crippen molar-refractivity contribution in [2.45, 2.75) is 34.1 Å². The molecule has 1 heterocycles. The molecule has 0 aromatic heterocycles. The SMILES string of the molecule is CCN(CC)CCCN1C(=O)CN(C(=O)CN(CC)CC)c2cc(C(=O)O)ccc21. The topological polar surface area (TPSA) is 84.4 Å². The molecule has 1 N–H and O–H groups in total. The third kappa shape index (κ3) is 5.58. The van der Waals surface area contributed by atoms with E-state index in [9.17, 15) is 19.5 Å². The number of nitrogens with zero attached hydrogens (tertiary/aromatic N) is 4. The molecular formula is C22H34N4O4. The van der Waals surface area contributed by atoms with Crippen LogP contribution in [0.2, 0.25) is 0 Å². The lowest BCUT2D eigenvalue weighted by Crippen LogP contribution is -2.51. The maximum Gasteiger partial charge on any atom is 0.335 e. The van der Waals surface area contributed by atoms with Gasteiger partial charge in [-0.25, -0.2) is 4.79 Å². The maximum atomic E-state index is 13.0. The van der Waals surface area contributed by atoms with Gasteiger partial charge < -0.3 is 14.9 Å². The molecule has 2 amide bonds. The zero-order chi connectivity index (χ0) is 22.3. The normalized spacial score (nSPS) is 13.9. The highest BCUT2D eigenvalue weighted by atomic mass is 16.4. The van der Waals surface area contributed by atoms with Crippen LogP contribution in [-0.2, 0) is 9.59 Å². The average Bonchev–Trinajstić information content (AvgIpc) is 2.75. The van der Waals surface area contributed by atoms with E-state index in [1.54, 1.807) is 11.0 Å². The molecular weight excluding hydrogens is 384 g/mol. The fourth-order valence-electron chi connectivity index (χ4n) is 3.72. The van der Waals surface area contributed by atoms with Crippen LogP contribution in [0.25, 0.3) is 0 Å². The number of anilines is 2. The van der Waals surface area contributed by atoms with E-state index in [1.807, 2.05) is 18.7 Å². The lowest BCUT2D eigenvalue weighted by molar-refractivity contribution is -0.123. The summed E-state index contributed by atoms with van der Waals surface area (Å²) in [6.45, 7) is 13.1. The summed E-state index contributed by atoms with van der Waals surface area (Å²) in [7, 11) is 0. The Hall–Kier alpha value is -2.45. The molecule has 1 aliphatic heterocycles. The molecule has 0 saturated carbocycles. The number of rotatable bonds is 11. The van der Waals surface area contributed by atoms with Crippen molar-refractivity contribution in [2.75, 3.05) is 62.2 Å². The monoisotopic (exact) mass is 418 g/mol. The number of hydrogen-bond donors (Lipinski definition) is 1. The van der Waals surface area contributed by atoms with Gasteiger partial charge in [0.1, 0.15) is 6.54 Å². The van der Waals surface area contributed by atoms with Crippen molar-refractivity contribution in [1.82, 2.24) is 9.80 Å². The largest absolute Gasteiger partial charge is 0.478 e. The Balaban J connectivity index is 2.30. The summed E-state index contributed by atoms with van der Waals surface area (Å²) < 4.78 is 0. The molecule has 1 aromatic rings. The summed E-state index contributed by atoms with van der Waals surface area (Å²) in [4.78, 5) is 44.8. The molecule has 0 spiro atoms. The minimum atomic E-state index is -1.06. The molecule has 2 rings (SSSR count). The van der Waals surface area contributed by atoms with E-state index in [4.69, 9.17) is 0 Å². The first kappa shape index (κ1) is 23.8. The van der Waals surface area contributed by atoms with Crippen molar-refractivity contribution < 1.29 is 19.5 Å². The summed E-state index contributed by atoms with van der Waals surface area (Å²) in [5.41, 5.74) is 1.20. The molecule has 166 valence electrons. The first-order valence-corrected chi connectivity index (χ1v) is 10.8. The quantitative estimate of drug-likeness (QED) is 0.593. The molecule has 0 saturated heterocycles. The van der Waals surface area contributed by atoms with E-state index in [0.29, 0.717) is 17.9 Å². The minimum absolute atomic E-state index is 0.0680. The molecule has 0 aliphatic carbocycles. The van der Waals surface area contributed by atoms with E-state index < -0.39 is 5.97 Å². The number of carboxylic acids is 1. The molecule has 30 heavy (non-hydrogen) atoms. The van der Waals surface area contributed by atoms with Crippen LogP contribution >= 0.6 is 0 Å². The summed E-state index contributed by atoms with van der Waals surface area (Å²) >= 11 is 0. The van der Waals surface area contributed by atoms with Crippen LogP contribution in [0.3, 0.4) is 0 Å². The third-order valence-corrected chi connectivity index (χ3v) is 5.70. The van der Waals surface area contributed by atoms with Gasteiger partial charge in [0.05, 0.1) is 23.5 Å². The Morgan fingerprint density at radius 3 is 2.20 bits per heavy atom. The average molecular weight is 419 g/mol. The number of carbonyl (C=O) groups excluding carboxylic acids is 2. The number of hydrogen-bond acceptors (Lipinski definition) is 5. The highest BCUT2D eigenvalue weighted by Gasteiger charge is 2.33. The zero-order valence-electron chi connectivity index (χ0n) is 18.6. The van der Waals surface area contributed by atoms with Crippen LogP contribution in [0.15, 0.2) is 18.2 Å². The number of fused-ring (bicyclic) bond motifs is 1. The minimum Gasteiger partial charge on any atom is -0.478 e. The molecule has 8 heteroatoms. The molecule has 0 bridgehead atoms. The molecule has 1 aromatic carbocycles. The zero-order valence-corrected chi connectivity index (χ0v) is 18.6. The van der Waals surface area contributed by atoms with E-state index in [2.05, 4.69) is 18.7 Å². The summed E-state index contributed by atoms with van der Waals surface area (Å²) in [6.07, 6.45) is 0.806. The van der Waals surface area contributed by atoms with Crippen LogP contribution in [0.5, 0.6) is 0 Å². The van der Waals surface area contributed by atoms with Crippen LogP contribution in [0.1, 0.15) is 44.5 Å². The number of amides is 2. The summed E-state index contributed by atoms with van der Waals surface area (Å²) in [5.74, 6) is -1.39. The summed E-state index contributed by atoms with van der Waals surface area (Å²) in [6, 6.07) is 4.64. The Labute approximate surface area is 179 Å². The molecule has 0 radical (unpaired) electrons. The van der Waals surface area contributed by atoms with Crippen LogP contribution < -0.4 is 9.80 Å². The van der Waals surface area contributed by atoms with Crippen LogP contribution in [0, 0.1) is 0 Å². The Bertz CT molecular complexity index is 760. The molecule has 0 atom stereocenters. The second-order valence-electron chi connectivity index (χ2n) is 7.38. The van der Waals surface area contributed by atoms with Gasteiger partial charge in [-0.3, -0.25) is 19.4 Å². The lowest BCUT2D eigenvalue weighted by Gasteiger charge is -2.37. The number of carboxylic acid groups (broad SMARTS) is 1. The van der Waals surface area contributed by atoms with Gasteiger partial charge in [0.2, 0.25) is 11.8 Å². The van der Waals surface area contributed by atoms with Gasteiger partial charge in [0.25, 0.3) is 0 Å². The van der Waals surface area contributed by atoms with Gasteiger partial charge in [-0.1, -0.05) is 27.7 Å². The van der Waals surface area contributed by atoms with Crippen molar-refractivity contribution in [3.8, 4) is 0 Å². The van der Waals surface area contributed by atoms with Gasteiger partial charge in [-0.15, -0.1) is 0 Å². The van der Waals surface area contributed by atoms with Gasteiger partial charge in [0.15, 0.2) is 0 Å². The predicted molar refractivity (Wildman–Crippen MR) is 118 cm³/mol. The van der Waals surface area contributed by atoms with E-state index in [0.717, 1.165) is 39.1 Å². The molecule has 1 aliphatic rings. The maximum absolute atomic E-state index is 13.0. The fraction of sp³-hybridized carbons (Fsp3) is 0.591. The highest BCUT2D eigenvalue weighted by molar-refractivity contribution is 6.12. The van der Waals surface area contributed by atoms with Gasteiger partial charge >= 0.3 is 5.97 Å². The van der Waals surface area contributed by atoms with E-state index >= 15 is 0 Å². The molecule has 0 fully saturated rings. The Morgan fingerprint density at radius 2 is 1.63 bits per heavy atom. The second kappa shape index (κ2) is 11.1. The number of carbonyl (C=O) groups is 3. The number of aromatic carboxylic acids is 1. The van der Waals surface area contributed by atoms with E-state index in [1.165, 1.54) is 17.0 Å². The van der Waals surface area contributed by atoms with Crippen molar-refractivity contribution >= 4 is 29.2 Å². The predicted octanol–water partition coefficient (Wildman–Crippen LogP) is 2.14. The van der Waals surface area contributed by atoms with Crippen LogP contribution in [0.4, 0.5) is 11.4 Å². The van der Waals surface area contributed by atoms with Crippen molar-refractivity contribution in [1.29, 1.82) is 0 Å². The standard InChI is InChI=1S/C22H34N4O4/c1-5-23(6-2)12-9-13-25-18-11-10-17(22(29)30)14-19(18)26(16-21(25)28)20(27)15-24(7-3)8-4/h10-11,14H,5-9,12-13,15-16H2,1-4H3,(H,29,30). The van der Waals surface area contributed by atoms with Crippen molar-refractivity contribution in [3.05, 3.63) is 23.8 Å². The van der Waals surface area contributed by atoms with Gasteiger partial charge in [0, 0.05) is 6.54 Å². The fourth-order valence-corrected chi connectivity index (χ4v) is 3.72. The smallest absolute Gasteiger partial charge is 0.335 e. The molecule has 0 unspecified atom stereocenters. The Morgan fingerprint density at radius 1 is 1.00 bits per heavy atom. The second-order valence-corrected chi connectivity index (χ2v) is 7.38. The van der Waals surface area contributed by atoms with E-state index in [-0.39, 0.29) is 30.5 Å². The highest BCUT2D eigenvalue weighted by Crippen LogP contribution is 2.35. The van der Waals surface area contributed by atoms with Gasteiger partial charge in [-0.2, -0.15) is 0 Å². The van der Waals surface area contributed by atoms with Crippen LogP contribution in [-0.4, -0.2) is 85.0 Å². The first-order chi connectivity index (χ1) is 14.4. The lowest BCUT2D eigenvalue weighted by atomic mass is 10.1. The van der Waals surface area contributed by atoms with Gasteiger partial charge in [-0.05, 0) is 57.3 Å². The molecule has 8 nitrogen and oxygen atoms in total. The number of benzene rings is 1. The third-order valence-electron chi connectivity index (χ3n) is 5.70. The van der Waals surface area contributed by atoms with Crippen molar-refractivity contribution in [3.63, 3.8) is 0 Å².